The van der Waals surface area contributed by atoms with Crippen molar-refractivity contribution >= 4 is 85.8 Å². The van der Waals surface area contributed by atoms with Crippen LogP contribution in [0.25, 0.3) is 109 Å². The lowest BCUT2D eigenvalue weighted by Gasteiger charge is -2.12. The van der Waals surface area contributed by atoms with E-state index in [0.29, 0.717) is 17.5 Å². The molecule has 11 aromatic rings. The van der Waals surface area contributed by atoms with Crippen molar-refractivity contribution < 1.29 is 4.42 Å². The number of rotatable bonds is 3. The first kappa shape index (κ1) is 27.5. The SMILES string of the molecule is c1ccc2c(c1)ccc1c3cccc(-c4nc(-c5ccc6c(c5)oc5ccccc56)nc(-c5ccc6c(c5)sc5ccccc56)n4)c3ccc21. The van der Waals surface area contributed by atoms with E-state index in [1.54, 1.807) is 11.3 Å². The number of furan rings is 1. The molecule has 0 spiro atoms. The predicted octanol–water partition coefficient (Wildman–Crippen LogP) is 12.6. The number of nitrogens with zero attached hydrogens (tertiary/aromatic N) is 3. The maximum atomic E-state index is 6.28. The zero-order valence-corrected chi connectivity index (χ0v) is 27.4. The number of para-hydroxylation sites is 1. The molecule has 0 saturated carbocycles. The van der Waals surface area contributed by atoms with E-state index in [-0.39, 0.29) is 0 Å². The molecular formula is C45H25N3OS. The molecule has 0 N–H and O–H groups in total. The van der Waals surface area contributed by atoms with Gasteiger partial charge < -0.3 is 4.42 Å². The van der Waals surface area contributed by atoms with Crippen LogP contribution in [0.4, 0.5) is 0 Å². The highest BCUT2D eigenvalue weighted by Crippen LogP contribution is 2.39. The highest BCUT2D eigenvalue weighted by Gasteiger charge is 2.18. The molecule has 0 unspecified atom stereocenters. The monoisotopic (exact) mass is 655 g/mol. The van der Waals surface area contributed by atoms with Crippen LogP contribution in [0.1, 0.15) is 0 Å². The Morgan fingerprint density at radius 2 is 0.940 bits per heavy atom. The van der Waals surface area contributed by atoms with Crippen LogP contribution in [0.3, 0.4) is 0 Å². The van der Waals surface area contributed by atoms with Crippen molar-refractivity contribution in [1.29, 1.82) is 0 Å². The van der Waals surface area contributed by atoms with E-state index in [1.807, 2.05) is 18.2 Å². The number of hydrogen-bond donors (Lipinski definition) is 0. The maximum absolute atomic E-state index is 6.28. The molecule has 5 heteroatoms. The Bertz CT molecular complexity index is 3040. The summed E-state index contributed by atoms with van der Waals surface area (Å²) < 4.78 is 8.76. The van der Waals surface area contributed by atoms with Gasteiger partial charge in [-0.15, -0.1) is 11.3 Å². The van der Waals surface area contributed by atoms with Crippen LogP contribution in [0.15, 0.2) is 156 Å². The van der Waals surface area contributed by atoms with Gasteiger partial charge in [-0.05, 0) is 62.6 Å². The van der Waals surface area contributed by atoms with Crippen LogP contribution in [0, 0.1) is 0 Å². The Labute approximate surface area is 289 Å². The zero-order valence-electron chi connectivity index (χ0n) is 26.6. The van der Waals surface area contributed by atoms with Gasteiger partial charge in [-0.2, -0.15) is 0 Å². The van der Waals surface area contributed by atoms with Crippen molar-refractivity contribution in [2.75, 3.05) is 0 Å². The van der Waals surface area contributed by atoms with E-state index in [1.165, 1.54) is 47.1 Å². The van der Waals surface area contributed by atoms with Crippen molar-refractivity contribution in [3.05, 3.63) is 152 Å². The lowest BCUT2D eigenvalue weighted by molar-refractivity contribution is 0.669. The van der Waals surface area contributed by atoms with E-state index >= 15 is 0 Å². The van der Waals surface area contributed by atoms with Crippen molar-refractivity contribution in [2.24, 2.45) is 0 Å². The summed E-state index contributed by atoms with van der Waals surface area (Å²) in [6.07, 6.45) is 0. The molecule has 0 bridgehead atoms. The fraction of sp³-hybridized carbons (Fsp3) is 0. The summed E-state index contributed by atoms with van der Waals surface area (Å²) in [4.78, 5) is 15.5. The molecule has 8 aromatic carbocycles. The lowest BCUT2D eigenvalue weighted by atomic mass is 9.95. The van der Waals surface area contributed by atoms with Crippen molar-refractivity contribution in [3.63, 3.8) is 0 Å². The minimum absolute atomic E-state index is 0.604. The van der Waals surface area contributed by atoms with Crippen LogP contribution >= 0.6 is 11.3 Å². The maximum Gasteiger partial charge on any atom is 0.164 e. The second-order valence-electron chi connectivity index (χ2n) is 12.8. The normalized spacial score (nSPS) is 12.0. The number of thiophene rings is 1. The summed E-state index contributed by atoms with van der Waals surface area (Å²) in [5.41, 5.74) is 4.47. The Kier molecular flexibility index (Phi) is 5.80. The van der Waals surface area contributed by atoms with Gasteiger partial charge in [0, 0.05) is 47.6 Å². The number of fused-ring (bicyclic) bond motifs is 11. The number of aromatic nitrogens is 3. The lowest BCUT2D eigenvalue weighted by Crippen LogP contribution is -2.00. The molecule has 0 aliphatic rings. The standard InChI is InChI=1S/C45H25N3OS/c1-2-9-29-26(8-1)16-19-32-30-12-7-13-38(33(30)23-22-31(29)32)45-47-43(27-17-20-35-34-10-3-5-14-39(34)49-40(35)24-27)46-44(48-45)28-18-21-37-36-11-4-6-15-41(36)50-42(37)25-28/h1-25H. The Morgan fingerprint density at radius 1 is 0.360 bits per heavy atom. The van der Waals surface area contributed by atoms with Gasteiger partial charge in [-0.3, -0.25) is 0 Å². The third kappa shape index (κ3) is 4.14. The van der Waals surface area contributed by atoms with Crippen LogP contribution in [-0.4, -0.2) is 15.0 Å². The quantitative estimate of drug-likeness (QED) is 0.178. The van der Waals surface area contributed by atoms with E-state index in [9.17, 15) is 0 Å². The second-order valence-corrected chi connectivity index (χ2v) is 13.9. The summed E-state index contributed by atoms with van der Waals surface area (Å²) >= 11 is 1.80. The zero-order chi connectivity index (χ0) is 32.8. The summed E-state index contributed by atoms with van der Waals surface area (Å²) in [6, 6.07) is 53.4. The topological polar surface area (TPSA) is 51.8 Å². The van der Waals surface area contributed by atoms with Gasteiger partial charge in [0.15, 0.2) is 17.5 Å². The Balaban J connectivity index is 1.15. The van der Waals surface area contributed by atoms with Gasteiger partial charge in [0.2, 0.25) is 0 Å². The molecule has 0 fully saturated rings. The molecule has 0 saturated heterocycles. The molecular weight excluding hydrogens is 631 g/mol. The molecule has 0 amide bonds. The molecule has 0 aliphatic heterocycles. The van der Waals surface area contributed by atoms with E-state index in [2.05, 4.69) is 133 Å². The highest BCUT2D eigenvalue weighted by molar-refractivity contribution is 7.25. The first-order chi connectivity index (χ1) is 24.7. The fourth-order valence-electron chi connectivity index (χ4n) is 7.54. The van der Waals surface area contributed by atoms with Gasteiger partial charge in [0.25, 0.3) is 0 Å². The van der Waals surface area contributed by atoms with Crippen LogP contribution in [-0.2, 0) is 0 Å². The molecule has 0 atom stereocenters. The van der Waals surface area contributed by atoms with Crippen molar-refractivity contribution in [2.45, 2.75) is 0 Å². The van der Waals surface area contributed by atoms with E-state index < -0.39 is 0 Å². The minimum atomic E-state index is 0.604. The predicted molar refractivity (Wildman–Crippen MR) is 209 cm³/mol. The first-order valence-electron chi connectivity index (χ1n) is 16.7. The van der Waals surface area contributed by atoms with Gasteiger partial charge in [0.1, 0.15) is 11.2 Å². The van der Waals surface area contributed by atoms with Gasteiger partial charge in [-0.25, -0.2) is 15.0 Å². The molecule has 50 heavy (non-hydrogen) atoms. The Hall–Kier alpha value is -6.43. The molecule has 0 aliphatic carbocycles. The molecule has 3 aromatic heterocycles. The summed E-state index contributed by atoms with van der Waals surface area (Å²) in [5, 5.41) is 11.9. The number of benzene rings is 8. The average Bonchev–Trinajstić information content (AvgIpc) is 3.74. The molecule has 11 rings (SSSR count). The smallest absolute Gasteiger partial charge is 0.164 e. The fourth-order valence-corrected chi connectivity index (χ4v) is 8.68. The minimum Gasteiger partial charge on any atom is -0.456 e. The summed E-state index contributed by atoms with van der Waals surface area (Å²) in [5.74, 6) is 1.88. The number of hydrogen-bond acceptors (Lipinski definition) is 5. The third-order valence-electron chi connectivity index (χ3n) is 9.93. The van der Waals surface area contributed by atoms with Crippen LogP contribution < -0.4 is 0 Å². The third-order valence-corrected chi connectivity index (χ3v) is 11.1. The summed E-state index contributed by atoms with van der Waals surface area (Å²) in [6.45, 7) is 0. The average molecular weight is 656 g/mol. The summed E-state index contributed by atoms with van der Waals surface area (Å²) in [7, 11) is 0. The van der Waals surface area contributed by atoms with Crippen molar-refractivity contribution in [3.8, 4) is 34.2 Å². The van der Waals surface area contributed by atoms with Gasteiger partial charge in [0.05, 0.1) is 0 Å². The first-order valence-corrected chi connectivity index (χ1v) is 17.5. The van der Waals surface area contributed by atoms with Crippen LogP contribution in [0.2, 0.25) is 0 Å². The van der Waals surface area contributed by atoms with Gasteiger partial charge in [-0.1, -0.05) is 121 Å². The van der Waals surface area contributed by atoms with Crippen molar-refractivity contribution in [1.82, 2.24) is 15.0 Å². The highest BCUT2D eigenvalue weighted by atomic mass is 32.1. The molecule has 4 nitrogen and oxygen atoms in total. The largest absolute Gasteiger partial charge is 0.456 e. The second kappa shape index (κ2) is 10.5. The molecule has 3 heterocycles. The van der Waals surface area contributed by atoms with Crippen LogP contribution in [0.5, 0.6) is 0 Å². The van der Waals surface area contributed by atoms with E-state index in [4.69, 9.17) is 19.4 Å². The van der Waals surface area contributed by atoms with E-state index in [0.717, 1.165) is 44.0 Å². The van der Waals surface area contributed by atoms with Gasteiger partial charge >= 0.3 is 0 Å². The Morgan fingerprint density at radius 3 is 1.84 bits per heavy atom. The molecule has 232 valence electrons. The molecule has 0 radical (unpaired) electrons.